The first kappa shape index (κ1) is 14.5. The van der Waals surface area contributed by atoms with Crippen LogP contribution in [0.25, 0.3) is 0 Å². The van der Waals surface area contributed by atoms with Crippen molar-refractivity contribution < 1.29 is 24.3 Å². The molecule has 1 heterocycles. The van der Waals surface area contributed by atoms with E-state index in [4.69, 9.17) is 5.11 Å². The van der Waals surface area contributed by atoms with Gasteiger partial charge in [0, 0.05) is 12.1 Å². The lowest BCUT2D eigenvalue weighted by atomic mass is 10.1. The number of nitrogens with zero attached hydrogens (tertiary/aromatic N) is 1. The number of hydrogen-bond acceptors (Lipinski definition) is 4. The normalized spacial score (nSPS) is 17.4. The minimum Gasteiger partial charge on any atom is -0.481 e. The summed E-state index contributed by atoms with van der Waals surface area (Å²) in [6.45, 7) is -0.154. The molecular formula is C13H13N3O5. The van der Waals surface area contributed by atoms with Crippen molar-refractivity contribution in [1.29, 1.82) is 0 Å². The maximum Gasteiger partial charge on any atom is 0.328 e. The number of para-hydroxylation sites is 1. The minimum atomic E-state index is -1.12. The molecule has 1 aromatic carbocycles. The van der Waals surface area contributed by atoms with Gasteiger partial charge in [0.25, 0.3) is 0 Å². The van der Waals surface area contributed by atoms with Crippen LogP contribution in [0.3, 0.4) is 0 Å². The van der Waals surface area contributed by atoms with Crippen LogP contribution in [-0.4, -0.2) is 40.4 Å². The molecule has 1 atom stereocenters. The molecule has 0 spiro atoms. The van der Waals surface area contributed by atoms with E-state index >= 15 is 0 Å². The third kappa shape index (κ3) is 3.56. The molecule has 8 heteroatoms. The number of hydrazine groups is 1. The summed E-state index contributed by atoms with van der Waals surface area (Å²) in [7, 11) is 0. The smallest absolute Gasteiger partial charge is 0.328 e. The lowest BCUT2D eigenvalue weighted by molar-refractivity contribution is -0.143. The van der Waals surface area contributed by atoms with Gasteiger partial charge < -0.3 is 10.4 Å². The fourth-order valence-electron chi connectivity index (χ4n) is 1.86. The predicted molar refractivity (Wildman–Crippen MR) is 70.7 cm³/mol. The van der Waals surface area contributed by atoms with E-state index in [9.17, 15) is 19.2 Å². The standard InChI is InChI=1S/C13H13N3O5/c17-10-6-8(13(20)21)7-16(10)15-12(19)11(18)14-9-4-2-1-3-5-9/h1-5,8H,6-7H2,(H,14,18)(H,15,19)(H,20,21). The Balaban J connectivity index is 1.91. The van der Waals surface area contributed by atoms with Gasteiger partial charge in [-0.25, -0.2) is 0 Å². The van der Waals surface area contributed by atoms with Crippen LogP contribution in [0.1, 0.15) is 6.42 Å². The molecule has 2 rings (SSSR count). The fourth-order valence-corrected chi connectivity index (χ4v) is 1.86. The number of nitrogens with one attached hydrogen (secondary N) is 2. The summed E-state index contributed by atoms with van der Waals surface area (Å²) < 4.78 is 0. The molecular weight excluding hydrogens is 278 g/mol. The first-order valence-corrected chi connectivity index (χ1v) is 6.17. The Morgan fingerprint density at radius 2 is 1.81 bits per heavy atom. The number of aliphatic carboxylic acids is 1. The Kier molecular flexibility index (Phi) is 4.17. The summed E-state index contributed by atoms with van der Waals surface area (Å²) in [5, 5.41) is 12.0. The van der Waals surface area contributed by atoms with Gasteiger partial charge in [-0.05, 0) is 12.1 Å². The van der Waals surface area contributed by atoms with Crippen molar-refractivity contribution in [3.63, 3.8) is 0 Å². The first-order valence-electron chi connectivity index (χ1n) is 6.17. The molecule has 21 heavy (non-hydrogen) atoms. The summed E-state index contributed by atoms with van der Waals surface area (Å²) in [5.74, 6) is -4.50. The molecule has 1 fully saturated rings. The summed E-state index contributed by atoms with van der Waals surface area (Å²) in [6, 6.07) is 8.34. The van der Waals surface area contributed by atoms with Gasteiger partial charge in [-0.15, -0.1) is 0 Å². The number of carbonyl (C=O) groups excluding carboxylic acids is 3. The number of carboxylic acids is 1. The molecule has 0 radical (unpaired) electrons. The number of hydrogen-bond donors (Lipinski definition) is 3. The zero-order valence-electron chi connectivity index (χ0n) is 10.9. The molecule has 1 aromatic rings. The van der Waals surface area contributed by atoms with Gasteiger partial charge in [0.15, 0.2) is 0 Å². The Labute approximate surface area is 119 Å². The average Bonchev–Trinajstić information content (AvgIpc) is 2.81. The second-order valence-electron chi connectivity index (χ2n) is 4.50. The molecule has 0 bridgehead atoms. The van der Waals surface area contributed by atoms with E-state index in [1.807, 2.05) is 0 Å². The number of carbonyl (C=O) groups is 4. The molecule has 3 N–H and O–H groups in total. The Morgan fingerprint density at radius 3 is 2.38 bits per heavy atom. The second-order valence-corrected chi connectivity index (χ2v) is 4.50. The SMILES string of the molecule is O=C(Nc1ccccc1)C(=O)NN1CC(C(=O)O)CC1=O. The van der Waals surface area contributed by atoms with E-state index in [0.717, 1.165) is 5.01 Å². The van der Waals surface area contributed by atoms with Crippen molar-refractivity contribution in [1.82, 2.24) is 10.4 Å². The Bertz CT molecular complexity index is 587. The zero-order valence-corrected chi connectivity index (χ0v) is 10.9. The summed E-state index contributed by atoms with van der Waals surface area (Å²) in [4.78, 5) is 45.6. The monoisotopic (exact) mass is 291 g/mol. The topological polar surface area (TPSA) is 116 Å². The third-order valence-corrected chi connectivity index (χ3v) is 2.95. The van der Waals surface area contributed by atoms with Gasteiger partial charge in [-0.1, -0.05) is 18.2 Å². The van der Waals surface area contributed by atoms with Gasteiger partial charge in [-0.3, -0.25) is 29.6 Å². The van der Waals surface area contributed by atoms with E-state index in [1.54, 1.807) is 30.3 Å². The number of carboxylic acid groups (broad SMARTS) is 1. The van der Waals surface area contributed by atoms with Crippen molar-refractivity contribution >= 4 is 29.4 Å². The minimum absolute atomic E-state index is 0.154. The molecule has 1 saturated heterocycles. The maximum atomic E-state index is 11.7. The van der Waals surface area contributed by atoms with Crippen LogP contribution in [-0.2, 0) is 19.2 Å². The van der Waals surface area contributed by atoms with Crippen LogP contribution in [0.4, 0.5) is 5.69 Å². The van der Waals surface area contributed by atoms with Crippen molar-refractivity contribution in [2.75, 3.05) is 11.9 Å². The molecule has 8 nitrogen and oxygen atoms in total. The maximum absolute atomic E-state index is 11.7. The fraction of sp³-hybridized carbons (Fsp3) is 0.231. The van der Waals surface area contributed by atoms with E-state index in [1.165, 1.54) is 0 Å². The van der Waals surface area contributed by atoms with Crippen LogP contribution in [0.2, 0.25) is 0 Å². The number of amides is 3. The number of anilines is 1. The van der Waals surface area contributed by atoms with Crippen molar-refractivity contribution in [2.45, 2.75) is 6.42 Å². The lowest BCUT2D eigenvalue weighted by Gasteiger charge is -2.16. The van der Waals surface area contributed by atoms with Gasteiger partial charge in [0.05, 0.1) is 12.5 Å². The lowest BCUT2D eigenvalue weighted by Crippen LogP contribution is -2.47. The van der Waals surface area contributed by atoms with Gasteiger partial charge in [-0.2, -0.15) is 0 Å². The number of rotatable bonds is 3. The first-order chi connectivity index (χ1) is 9.97. The second kappa shape index (κ2) is 6.04. The largest absolute Gasteiger partial charge is 0.481 e. The molecule has 1 aliphatic rings. The highest BCUT2D eigenvalue weighted by molar-refractivity contribution is 6.39. The van der Waals surface area contributed by atoms with Crippen LogP contribution < -0.4 is 10.7 Å². The van der Waals surface area contributed by atoms with Gasteiger partial charge in [0.1, 0.15) is 0 Å². The molecule has 110 valence electrons. The van der Waals surface area contributed by atoms with E-state index in [0.29, 0.717) is 5.69 Å². The van der Waals surface area contributed by atoms with Crippen LogP contribution in [0, 0.1) is 5.92 Å². The predicted octanol–water partition coefficient (Wildman–Crippen LogP) is -0.411. The molecule has 0 aromatic heterocycles. The zero-order chi connectivity index (χ0) is 15.4. The van der Waals surface area contributed by atoms with Crippen LogP contribution in [0.5, 0.6) is 0 Å². The average molecular weight is 291 g/mol. The quantitative estimate of drug-likeness (QED) is 0.655. The summed E-state index contributed by atoms with van der Waals surface area (Å²) >= 11 is 0. The Hall–Kier alpha value is -2.90. The van der Waals surface area contributed by atoms with E-state index in [-0.39, 0.29) is 13.0 Å². The Morgan fingerprint density at radius 1 is 1.14 bits per heavy atom. The van der Waals surface area contributed by atoms with Crippen molar-refractivity contribution in [3.05, 3.63) is 30.3 Å². The highest BCUT2D eigenvalue weighted by Crippen LogP contribution is 2.15. The highest BCUT2D eigenvalue weighted by atomic mass is 16.4. The molecule has 3 amide bonds. The summed E-state index contributed by atoms with van der Waals surface area (Å²) in [5.41, 5.74) is 2.54. The number of benzene rings is 1. The summed E-state index contributed by atoms with van der Waals surface area (Å²) in [6.07, 6.45) is -0.198. The van der Waals surface area contributed by atoms with Crippen LogP contribution in [0.15, 0.2) is 30.3 Å². The molecule has 1 aliphatic heterocycles. The van der Waals surface area contributed by atoms with Crippen molar-refractivity contribution in [3.8, 4) is 0 Å². The van der Waals surface area contributed by atoms with E-state index < -0.39 is 29.6 Å². The van der Waals surface area contributed by atoms with Crippen molar-refractivity contribution in [2.24, 2.45) is 5.92 Å². The highest BCUT2D eigenvalue weighted by Gasteiger charge is 2.36. The molecule has 1 unspecified atom stereocenters. The molecule has 0 aliphatic carbocycles. The molecule has 0 saturated carbocycles. The van der Waals surface area contributed by atoms with Gasteiger partial charge >= 0.3 is 17.8 Å². The third-order valence-electron chi connectivity index (χ3n) is 2.95. The van der Waals surface area contributed by atoms with Gasteiger partial charge in [0.2, 0.25) is 5.91 Å². The van der Waals surface area contributed by atoms with Crippen LogP contribution >= 0.6 is 0 Å². The van der Waals surface area contributed by atoms with E-state index in [2.05, 4.69) is 10.7 Å².